The molecule has 1 aliphatic rings. The molecule has 1 aliphatic heterocycles. The highest BCUT2D eigenvalue weighted by atomic mass is 16.5. The zero-order valence-corrected chi connectivity index (χ0v) is 17.2. The second kappa shape index (κ2) is 9.67. The van der Waals surface area contributed by atoms with Crippen LogP contribution in [-0.2, 0) is 20.9 Å². The molecule has 0 bridgehead atoms. The number of aromatic nitrogens is 2. The SMILES string of the molecule is CC(=O)Nc1cnn([C@H]2C[C@@H](COCC(=O)N(C)C)N(Cc3ccccc3)C2)c1. The van der Waals surface area contributed by atoms with E-state index in [1.54, 1.807) is 20.3 Å². The summed E-state index contributed by atoms with van der Waals surface area (Å²) in [6.07, 6.45) is 4.40. The zero-order chi connectivity index (χ0) is 20.8. The van der Waals surface area contributed by atoms with Crippen LogP contribution in [0.2, 0.25) is 0 Å². The standard InChI is InChI=1S/C21H29N5O3/c1-16(27)23-18-10-22-26(12-18)19-9-20(14-29-15-21(28)24(2)3)25(13-19)11-17-7-5-4-6-8-17/h4-8,10,12,19-20H,9,11,13-15H2,1-3H3,(H,23,27)/t19-,20-/m0/s1. The minimum atomic E-state index is -0.112. The first-order valence-corrected chi connectivity index (χ1v) is 9.80. The number of nitrogens with one attached hydrogen (secondary N) is 1. The fourth-order valence-electron chi connectivity index (χ4n) is 3.55. The molecule has 0 aliphatic carbocycles. The van der Waals surface area contributed by atoms with Gasteiger partial charge in [-0.15, -0.1) is 0 Å². The van der Waals surface area contributed by atoms with Crippen LogP contribution in [0.4, 0.5) is 5.69 Å². The van der Waals surface area contributed by atoms with Crippen molar-refractivity contribution in [2.75, 3.05) is 39.2 Å². The Hall–Kier alpha value is -2.71. The topological polar surface area (TPSA) is 79.7 Å². The lowest BCUT2D eigenvalue weighted by Gasteiger charge is -2.24. The third kappa shape index (κ3) is 5.88. The maximum Gasteiger partial charge on any atom is 0.248 e. The first-order chi connectivity index (χ1) is 13.9. The van der Waals surface area contributed by atoms with E-state index >= 15 is 0 Å². The van der Waals surface area contributed by atoms with E-state index in [4.69, 9.17) is 4.74 Å². The van der Waals surface area contributed by atoms with Gasteiger partial charge < -0.3 is 15.0 Å². The van der Waals surface area contributed by atoms with Crippen molar-refractivity contribution >= 4 is 17.5 Å². The van der Waals surface area contributed by atoms with Gasteiger partial charge in [0.05, 0.1) is 24.5 Å². The van der Waals surface area contributed by atoms with Gasteiger partial charge in [-0.1, -0.05) is 30.3 Å². The van der Waals surface area contributed by atoms with E-state index in [0.29, 0.717) is 12.3 Å². The lowest BCUT2D eigenvalue weighted by Crippen LogP contribution is -2.34. The van der Waals surface area contributed by atoms with Crippen LogP contribution in [0, 0.1) is 0 Å². The second-order valence-electron chi connectivity index (χ2n) is 7.65. The molecule has 3 rings (SSSR count). The summed E-state index contributed by atoms with van der Waals surface area (Å²) in [4.78, 5) is 27.0. The highest BCUT2D eigenvalue weighted by Gasteiger charge is 2.33. The van der Waals surface area contributed by atoms with E-state index in [0.717, 1.165) is 19.5 Å². The lowest BCUT2D eigenvalue weighted by atomic mass is 10.1. The van der Waals surface area contributed by atoms with Gasteiger partial charge in [0.2, 0.25) is 11.8 Å². The minimum Gasteiger partial charge on any atom is -0.370 e. The predicted octanol–water partition coefficient (Wildman–Crippen LogP) is 1.76. The Morgan fingerprint density at radius 1 is 1.28 bits per heavy atom. The van der Waals surface area contributed by atoms with Gasteiger partial charge in [0, 0.05) is 46.3 Å². The quantitative estimate of drug-likeness (QED) is 0.732. The predicted molar refractivity (Wildman–Crippen MR) is 110 cm³/mol. The summed E-state index contributed by atoms with van der Waals surface area (Å²) in [5.41, 5.74) is 1.94. The molecule has 156 valence electrons. The van der Waals surface area contributed by atoms with Crippen molar-refractivity contribution in [3.8, 4) is 0 Å². The molecule has 0 saturated carbocycles. The fourth-order valence-corrected chi connectivity index (χ4v) is 3.55. The van der Waals surface area contributed by atoms with Crippen molar-refractivity contribution in [3.63, 3.8) is 0 Å². The number of ether oxygens (including phenoxy) is 1. The molecule has 8 heteroatoms. The van der Waals surface area contributed by atoms with Gasteiger partial charge in [-0.05, 0) is 12.0 Å². The van der Waals surface area contributed by atoms with Crippen molar-refractivity contribution in [2.24, 2.45) is 0 Å². The lowest BCUT2D eigenvalue weighted by molar-refractivity contribution is -0.134. The van der Waals surface area contributed by atoms with Gasteiger partial charge in [0.25, 0.3) is 0 Å². The number of benzene rings is 1. The average molecular weight is 399 g/mol. The summed E-state index contributed by atoms with van der Waals surface area (Å²) in [6.45, 7) is 3.69. The number of nitrogens with zero attached hydrogens (tertiary/aromatic N) is 4. The summed E-state index contributed by atoms with van der Waals surface area (Å²) < 4.78 is 7.64. The molecule has 2 atom stereocenters. The molecule has 8 nitrogen and oxygen atoms in total. The minimum absolute atomic E-state index is 0.0406. The van der Waals surface area contributed by atoms with Gasteiger partial charge in [0.1, 0.15) is 6.61 Å². The van der Waals surface area contributed by atoms with Crippen molar-refractivity contribution in [1.29, 1.82) is 0 Å². The molecule has 2 heterocycles. The van der Waals surface area contributed by atoms with E-state index < -0.39 is 0 Å². The zero-order valence-electron chi connectivity index (χ0n) is 17.2. The average Bonchev–Trinajstić information content (AvgIpc) is 3.29. The Morgan fingerprint density at radius 3 is 2.72 bits per heavy atom. The van der Waals surface area contributed by atoms with Gasteiger partial charge in [-0.3, -0.25) is 19.2 Å². The molecule has 1 aromatic carbocycles. The molecule has 1 fully saturated rings. The van der Waals surface area contributed by atoms with Crippen LogP contribution in [0.3, 0.4) is 0 Å². The first-order valence-electron chi connectivity index (χ1n) is 9.80. The van der Waals surface area contributed by atoms with Gasteiger partial charge in [0.15, 0.2) is 0 Å². The second-order valence-corrected chi connectivity index (χ2v) is 7.65. The Bertz CT molecular complexity index is 821. The third-order valence-electron chi connectivity index (χ3n) is 5.06. The molecule has 1 saturated heterocycles. The molecule has 0 unspecified atom stereocenters. The molecule has 0 spiro atoms. The van der Waals surface area contributed by atoms with E-state index in [1.807, 2.05) is 29.1 Å². The number of anilines is 1. The van der Waals surface area contributed by atoms with Crippen LogP contribution in [0.5, 0.6) is 0 Å². The molecular formula is C21H29N5O3. The number of amides is 2. The monoisotopic (exact) mass is 399 g/mol. The number of carbonyl (C=O) groups is 2. The Kier molecular flexibility index (Phi) is 7.00. The summed E-state index contributed by atoms with van der Waals surface area (Å²) in [6, 6.07) is 10.7. The summed E-state index contributed by atoms with van der Waals surface area (Å²) in [7, 11) is 3.45. The molecule has 1 aromatic heterocycles. The number of hydrogen-bond acceptors (Lipinski definition) is 5. The maximum atomic E-state index is 11.8. The third-order valence-corrected chi connectivity index (χ3v) is 5.06. The number of likely N-dealkylation sites (N-methyl/N-ethyl adjacent to an activating group) is 1. The van der Waals surface area contributed by atoms with Crippen LogP contribution >= 0.6 is 0 Å². The number of rotatable bonds is 8. The molecule has 1 N–H and O–H groups in total. The summed E-state index contributed by atoms with van der Waals surface area (Å²) in [5, 5.41) is 7.20. The Labute approximate surface area is 171 Å². The van der Waals surface area contributed by atoms with E-state index in [-0.39, 0.29) is 30.5 Å². The molecule has 2 amide bonds. The van der Waals surface area contributed by atoms with Crippen molar-refractivity contribution in [1.82, 2.24) is 19.6 Å². The van der Waals surface area contributed by atoms with Crippen molar-refractivity contribution in [3.05, 3.63) is 48.3 Å². The van der Waals surface area contributed by atoms with Gasteiger partial charge in [-0.25, -0.2) is 0 Å². The highest BCUT2D eigenvalue weighted by Crippen LogP contribution is 2.29. The fraction of sp³-hybridized carbons (Fsp3) is 0.476. The molecular weight excluding hydrogens is 370 g/mol. The highest BCUT2D eigenvalue weighted by molar-refractivity contribution is 5.88. The van der Waals surface area contributed by atoms with E-state index in [1.165, 1.54) is 17.4 Å². The molecule has 0 radical (unpaired) electrons. The van der Waals surface area contributed by atoms with Crippen LogP contribution < -0.4 is 5.32 Å². The molecule has 2 aromatic rings. The van der Waals surface area contributed by atoms with Crippen molar-refractivity contribution in [2.45, 2.75) is 32.0 Å². The smallest absolute Gasteiger partial charge is 0.248 e. The maximum absolute atomic E-state index is 11.8. The Morgan fingerprint density at radius 2 is 2.03 bits per heavy atom. The number of hydrogen-bond donors (Lipinski definition) is 1. The van der Waals surface area contributed by atoms with Crippen LogP contribution in [0.15, 0.2) is 42.7 Å². The first kappa shape index (κ1) is 21.0. The van der Waals surface area contributed by atoms with Crippen LogP contribution in [-0.4, -0.2) is 71.3 Å². The van der Waals surface area contributed by atoms with Crippen LogP contribution in [0.1, 0.15) is 24.9 Å². The Balaban J connectivity index is 1.66. The normalized spacial score (nSPS) is 19.3. The summed E-state index contributed by atoms with van der Waals surface area (Å²) in [5.74, 6) is -0.153. The van der Waals surface area contributed by atoms with Gasteiger partial charge in [-0.2, -0.15) is 5.10 Å². The van der Waals surface area contributed by atoms with Gasteiger partial charge >= 0.3 is 0 Å². The largest absolute Gasteiger partial charge is 0.370 e. The van der Waals surface area contributed by atoms with Crippen LogP contribution in [0.25, 0.3) is 0 Å². The van der Waals surface area contributed by atoms with Crippen molar-refractivity contribution < 1.29 is 14.3 Å². The van der Waals surface area contributed by atoms with E-state index in [9.17, 15) is 9.59 Å². The summed E-state index contributed by atoms with van der Waals surface area (Å²) >= 11 is 0. The number of carbonyl (C=O) groups excluding carboxylic acids is 2. The number of likely N-dealkylation sites (tertiary alicyclic amines) is 1. The molecule has 29 heavy (non-hydrogen) atoms. The van der Waals surface area contributed by atoms with E-state index in [2.05, 4.69) is 27.4 Å².